The number of carbonyl (C=O) groups excluding carboxylic acids is 1. The van der Waals surface area contributed by atoms with Gasteiger partial charge in [0.15, 0.2) is 5.58 Å². The third-order valence-corrected chi connectivity index (χ3v) is 6.12. The fourth-order valence-electron chi connectivity index (χ4n) is 4.61. The molecule has 1 N–H and O–H groups in total. The highest BCUT2D eigenvalue weighted by Gasteiger charge is 2.38. The second kappa shape index (κ2) is 7.13. The average molecular weight is 370 g/mol. The van der Waals surface area contributed by atoms with Crippen LogP contribution < -0.4 is 10.2 Å². The molecule has 7 heteroatoms. The van der Waals surface area contributed by atoms with E-state index in [-0.39, 0.29) is 5.92 Å². The summed E-state index contributed by atoms with van der Waals surface area (Å²) >= 11 is 0. The zero-order chi connectivity index (χ0) is 18.2. The van der Waals surface area contributed by atoms with Crippen molar-refractivity contribution >= 4 is 23.0 Å². The van der Waals surface area contributed by atoms with Gasteiger partial charge >= 0.3 is 0 Å². The molecule has 3 heterocycles. The number of oxazole rings is 1. The first kappa shape index (κ1) is 17.0. The highest BCUT2D eigenvalue weighted by Crippen LogP contribution is 2.30. The van der Waals surface area contributed by atoms with Crippen molar-refractivity contribution in [2.24, 2.45) is 5.92 Å². The van der Waals surface area contributed by atoms with Crippen molar-refractivity contribution in [1.82, 2.24) is 15.2 Å². The summed E-state index contributed by atoms with van der Waals surface area (Å²) in [5, 5.41) is 3.53. The number of fused-ring (bicyclic) bond motifs is 2. The van der Waals surface area contributed by atoms with E-state index in [0.29, 0.717) is 24.1 Å². The third-order valence-electron chi connectivity index (χ3n) is 6.12. The van der Waals surface area contributed by atoms with Crippen molar-refractivity contribution in [2.75, 3.05) is 44.2 Å². The van der Waals surface area contributed by atoms with Gasteiger partial charge in [-0.25, -0.2) is 0 Å². The molecule has 7 nitrogen and oxygen atoms in total. The molecule has 27 heavy (non-hydrogen) atoms. The van der Waals surface area contributed by atoms with Gasteiger partial charge in [0.25, 0.3) is 6.01 Å². The van der Waals surface area contributed by atoms with Crippen molar-refractivity contribution < 1.29 is 13.9 Å². The minimum Gasteiger partial charge on any atom is -0.423 e. The molecule has 2 saturated heterocycles. The molecule has 1 aliphatic carbocycles. The number of benzene rings is 1. The van der Waals surface area contributed by atoms with Crippen molar-refractivity contribution in [1.29, 1.82) is 0 Å². The van der Waals surface area contributed by atoms with E-state index in [1.807, 2.05) is 29.2 Å². The Balaban J connectivity index is 1.19. The molecule has 2 aromatic rings. The zero-order valence-corrected chi connectivity index (χ0v) is 15.5. The largest absolute Gasteiger partial charge is 0.423 e. The van der Waals surface area contributed by atoms with Crippen LogP contribution in [0.25, 0.3) is 11.1 Å². The van der Waals surface area contributed by atoms with Gasteiger partial charge in [0.05, 0.1) is 12.7 Å². The minimum atomic E-state index is 0.122. The van der Waals surface area contributed by atoms with Gasteiger partial charge in [-0.05, 0) is 31.4 Å². The summed E-state index contributed by atoms with van der Waals surface area (Å²) in [5.41, 5.74) is 1.69. The molecule has 144 valence electrons. The summed E-state index contributed by atoms with van der Waals surface area (Å²) in [6.45, 7) is 4.67. The lowest BCUT2D eigenvalue weighted by Gasteiger charge is -2.41. The number of nitrogens with one attached hydrogen (secondary N) is 1. The SMILES string of the molecule is O=C([C@H]1CC[C@H]2OCCN[C@@H]2C1)N1CCN(c2nc3ccccc3o2)CC1. The maximum Gasteiger partial charge on any atom is 0.298 e. The second-order valence-electron chi connectivity index (χ2n) is 7.76. The third kappa shape index (κ3) is 3.30. The standard InChI is InChI=1S/C20H26N4O3/c25-19(14-5-6-17-16(13-14)21-7-12-26-17)23-8-10-24(11-9-23)20-22-15-3-1-2-4-18(15)27-20/h1-4,14,16-17,21H,5-13H2/t14-,16+,17+/m0/s1. The number of piperazine rings is 1. The molecule has 1 amide bonds. The van der Waals surface area contributed by atoms with Crippen LogP contribution in [0.5, 0.6) is 0 Å². The summed E-state index contributed by atoms with van der Waals surface area (Å²) in [6, 6.07) is 8.81. The maximum atomic E-state index is 13.0. The summed E-state index contributed by atoms with van der Waals surface area (Å²) in [5.74, 6) is 0.425. The van der Waals surface area contributed by atoms with E-state index in [0.717, 1.165) is 69.7 Å². The molecule has 1 aromatic carbocycles. The molecule has 0 radical (unpaired) electrons. The molecule has 3 aliphatic rings. The highest BCUT2D eigenvalue weighted by molar-refractivity contribution is 5.79. The van der Waals surface area contributed by atoms with Crippen molar-refractivity contribution in [3.8, 4) is 0 Å². The highest BCUT2D eigenvalue weighted by atomic mass is 16.5. The Labute approximate surface area is 158 Å². The van der Waals surface area contributed by atoms with Gasteiger partial charge in [-0.1, -0.05) is 12.1 Å². The van der Waals surface area contributed by atoms with E-state index in [9.17, 15) is 4.79 Å². The van der Waals surface area contributed by atoms with Crippen molar-refractivity contribution in [3.63, 3.8) is 0 Å². The Bertz CT molecular complexity index is 781. The van der Waals surface area contributed by atoms with E-state index in [1.165, 1.54) is 0 Å². The first-order valence-corrected chi connectivity index (χ1v) is 10.0. The number of anilines is 1. The lowest BCUT2D eigenvalue weighted by Crippen LogP contribution is -2.55. The number of para-hydroxylation sites is 2. The predicted octanol–water partition coefficient (Wildman–Crippen LogP) is 1.63. The molecule has 0 spiro atoms. The lowest BCUT2D eigenvalue weighted by molar-refractivity contribution is -0.139. The van der Waals surface area contributed by atoms with Gasteiger partial charge in [-0.3, -0.25) is 4.79 Å². The Morgan fingerprint density at radius 3 is 2.85 bits per heavy atom. The monoisotopic (exact) mass is 370 g/mol. The molecular formula is C20H26N4O3. The first-order valence-electron chi connectivity index (χ1n) is 10.0. The van der Waals surface area contributed by atoms with Crippen molar-refractivity contribution in [3.05, 3.63) is 24.3 Å². The molecule has 3 atom stereocenters. The minimum absolute atomic E-state index is 0.122. The average Bonchev–Trinajstić information content (AvgIpc) is 3.17. The molecule has 0 unspecified atom stereocenters. The van der Waals surface area contributed by atoms with Gasteiger partial charge in [-0.2, -0.15) is 4.98 Å². The van der Waals surface area contributed by atoms with Gasteiger partial charge < -0.3 is 24.3 Å². The fraction of sp³-hybridized carbons (Fsp3) is 0.600. The second-order valence-corrected chi connectivity index (χ2v) is 7.76. The first-order chi connectivity index (χ1) is 13.3. The summed E-state index contributed by atoms with van der Waals surface area (Å²) in [4.78, 5) is 21.7. The van der Waals surface area contributed by atoms with Gasteiger partial charge in [0.1, 0.15) is 5.52 Å². The maximum absolute atomic E-state index is 13.0. The van der Waals surface area contributed by atoms with Crippen molar-refractivity contribution in [2.45, 2.75) is 31.4 Å². The fourth-order valence-corrected chi connectivity index (χ4v) is 4.61. The van der Waals surface area contributed by atoms with Crippen LogP contribution in [0.1, 0.15) is 19.3 Å². The number of nitrogens with zero attached hydrogens (tertiary/aromatic N) is 3. The van der Waals surface area contributed by atoms with Crippen LogP contribution >= 0.6 is 0 Å². The molecule has 2 aliphatic heterocycles. The smallest absolute Gasteiger partial charge is 0.298 e. The summed E-state index contributed by atoms with van der Waals surface area (Å²) in [6.07, 6.45) is 3.11. The predicted molar refractivity (Wildman–Crippen MR) is 102 cm³/mol. The van der Waals surface area contributed by atoms with E-state index in [1.54, 1.807) is 0 Å². The Hall–Kier alpha value is -2.12. The van der Waals surface area contributed by atoms with E-state index in [4.69, 9.17) is 9.15 Å². The van der Waals surface area contributed by atoms with Crippen LogP contribution in [0.4, 0.5) is 6.01 Å². The lowest BCUT2D eigenvalue weighted by atomic mass is 9.82. The van der Waals surface area contributed by atoms with Crippen LogP contribution in [0, 0.1) is 5.92 Å². The number of carbonyl (C=O) groups is 1. The van der Waals surface area contributed by atoms with Crippen LogP contribution in [0.3, 0.4) is 0 Å². The van der Waals surface area contributed by atoms with E-state index < -0.39 is 0 Å². The number of rotatable bonds is 2. The van der Waals surface area contributed by atoms with E-state index >= 15 is 0 Å². The topological polar surface area (TPSA) is 70.8 Å². The Morgan fingerprint density at radius 2 is 2.00 bits per heavy atom. The number of morpholine rings is 1. The Morgan fingerprint density at radius 1 is 1.15 bits per heavy atom. The van der Waals surface area contributed by atoms with Gasteiger partial charge in [0, 0.05) is 44.7 Å². The number of amides is 1. The molecule has 1 aromatic heterocycles. The number of aromatic nitrogens is 1. The molecular weight excluding hydrogens is 344 g/mol. The molecule has 5 rings (SSSR count). The van der Waals surface area contributed by atoms with Crippen LogP contribution in [0.15, 0.2) is 28.7 Å². The number of hydrogen-bond donors (Lipinski definition) is 1. The molecule has 0 bridgehead atoms. The number of ether oxygens (including phenoxy) is 1. The normalized spacial score (nSPS) is 29.0. The van der Waals surface area contributed by atoms with E-state index in [2.05, 4.69) is 15.2 Å². The summed E-state index contributed by atoms with van der Waals surface area (Å²) in [7, 11) is 0. The summed E-state index contributed by atoms with van der Waals surface area (Å²) < 4.78 is 11.7. The molecule has 1 saturated carbocycles. The van der Waals surface area contributed by atoms with Crippen LogP contribution in [-0.4, -0.2) is 67.3 Å². The van der Waals surface area contributed by atoms with Crippen LogP contribution in [-0.2, 0) is 9.53 Å². The van der Waals surface area contributed by atoms with Gasteiger partial charge in [-0.15, -0.1) is 0 Å². The van der Waals surface area contributed by atoms with Gasteiger partial charge in [0.2, 0.25) is 5.91 Å². The molecule has 3 fully saturated rings. The van der Waals surface area contributed by atoms with Crippen LogP contribution in [0.2, 0.25) is 0 Å². The Kier molecular flexibility index (Phi) is 4.49. The number of hydrogen-bond acceptors (Lipinski definition) is 6. The zero-order valence-electron chi connectivity index (χ0n) is 15.5. The quantitative estimate of drug-likeness (QED) is 0.867.